The van der Waals surface area contributed by atoms with Gasteiger partial charge < -0.3 is 5.32 Å². The van der Waals surface area contributed by atoms with Crippen LogP contribution in [0.25, 0.3) is 0 Å². The van der Waals surface area contributed by atoms with Gasteiger partial charge in [-0.2, -0.15) is 11.8 Å². The molecule has 4 heteroatoms. The minimum Gasteiger partial charge on any atom is -0.314 e. The molecule has 1 saturated carbocycles. The van der Waals surface area contributed by atoms with Crippen LogP contribution in [0.1, 0.15) is 38.5 Å². The Morgan fingerprint density at radius 3 is 2.78 bits per heavy atom. The minimum atomic E-state index is 0. The monoisotopic (exact) mass is 290 g/mol. The second-order valence-electron chi connectivity index (χ2n) is 6.14. The largest absolute Gasteiger partial charge is 0.314 e. The van der Waals surface area contributed by atoms with Crippen LogP contribution in [-0.4, -0.2) is 48.1 Å². The Morgan fingerprint density at radius 2 is 2.06 bits per heavy atom. The van der Waals surface area contributed by atoms with Gasteiger partial charge in [-0.1, -0.05) is 19.3 Å². The Kier molecular flexibility index (Phi) is 5.67. The van der Waals surface area contributed by atoms with E-state index in [1.807, 2.05) is 0 Å². The summed E-state index contributed by atoms with van der Waals surface area (Å²) < 4.78 is 0. The molecule has 1 spiro atoms. The molecule has 1 unspecified atom stereocenters. The normalized spacial score (nSPS) is 32.3. The molecule has 1 aliphatic carbocycles. The summed E-state index contributed by atoms with van der Waals surface area (Å²) in [5.41, 5.74) is 0.545. The number of hydrogen-bond acceptors (Lipinski definition) is 3. The highest BCUT2D eigenvalue weighted by atomic mass is 35.5. The number of nitrogens with one attached hydrogen (secondary N) is 1. The second kappa shape index (κ2) is 6.83. The molecule has 0 aromatic heterocycles. The van der Waals surface area contributed by atoms with Crippen molar-refractivity contribution in [3.63, 3.8) is 0 Å². The lowest BCUT2D eigenvalue weighted by Gasteiger charge is -2.50. The molecule has 0 bridgehead atoms. The smallest absolute Gasteiger partial charge is 0.0334 e. The van der Waals surface area contributed by atoms with Gasteiger partial charge in [0.15, 0.2) is 0 Å². The first-order valence-corrected chi connectivity index (χ1v) is 8.58. The molecule has 2 nitrogen and oxygen atoms in total. The van der Waals surface area contributed by atoms with E-state index in [2.05, 4.69) is 22.0 Å². The maximum atomic E-state index is 3.65. The standard InChI is InChI=1S/C14H26N2S.ClH/c1-2-5-14(6-3-1)12-15-7-8-16(14)10-13-4-9-17-11-13;/h13,15H,1-12H2;1H. The van der Waals surface area contributed by atoms with Crippen molar-refractivity contribution >= 4 is 24.2 Å². The van der Waals surface area contributed by atoms with E-state index in [1.165, 1.54) is 76.2 Å². The number of nitrogens with zero attached hydrogens (tertiary/aromatic N) is 1. The maximum Gasteiger partial charge on any atom is 0.0334 e. The summed E-state index contributed by atoms with van der Waals surface area (Å²) in [6.45, 7) is 5.14. The molecule has 3 rings (SSSR count). The second-order valence-corrected chi connectivity index (χ2v) is 7.29. The van der Waals surface area contributed by atoms with Crippen LogP contribution >= 0.6 is 24.2 Å². The fraction of sp³-hybridized carbons (Fsp3) is 1.00. The Balaban J connectivity index is 0.00000120. The number of hydrogen-bond donors (Lipinski definition) is 1. The summed E-state index contributed by atoms with van der Waals surface area (Å²) in [7, 11) is 0. The molecule has 0 amide bonds. The van der Waals surface area contributed by atoms with Crippen LogP contribution in [0.4, 0.5) is 0 Å². The Labute approximate surface area is 122 Å². The first-order chi connectivity index (χ1) is 8.39. The predicted molar refractivity (Wildman–Crippen MR) is 82.9 cm³/mol. The third-order valence-corrected chi connectivity index (χ3v) is 6.20. The lowest BCUT2D eigenvalue weighted by atomic mass is 9.78. The van der Waals surface area contributed by atoms with Gasteiger partial charge in [0.05, 0.1) is 0 Å². The van der Waals surface area contributed by atoms with Crippen LogP contribution in [-0.2, 0) is 0 Å². The molecule has 1 N–H and O–H groups in total. The molecule has 18 heavy (non-hydrogen) atoms. The van der Waals surface area contributed by atoms with E-state index in [1.54, 1.807) is 0 Å². The van der Waals surface area contributed by atoms with Gasteiger partial charge in [-0.05, 0) is 36.7 Å². The fourth-order valence-electron chi connectivity index (χ4n) is 3.91. The van der Waals surface area contributed by atoms with Gasteiger partial charge in [0, 0.05) is 31.7 Å². The van der Waals surface area contributed by atoms with Crippen molar-refractivity contribution in [2.75, 3.05) is 37.7 Å². The topological polar surface area (TPSA) is 15.3 Å². The highest BCUT2D eigenvalue weighted by molar-refractivity contribution is 7.99. The van der Waals surface area contributed by atoms with E-state index in [0.29, 0.717) is 5.54 Å². The van der Waals surface area contributed by atoms with Gasteiger partial charge in [0.25, 0.3) is 0 Å². The first kappa shape index (κ1) is 15.0. The molecule has 3 aliphatic rings. The van der Waals surface area contributed by atoms with Gasteiger partial charge in [0.1, 0.15) is 0 Å². The van der Waals surface area contributed by atoms with Crippen molar-refractivity contribution in [1.82, 2.24) is 10.2 Å². The molecule has 2 saturated heterocycles. The summed E-state index contributed by atoms with van der Waals surface area (Å²) in [5, 5.41) is 3.65. The third kappa shape index (κ3) is 3.17. The van der Waals surface area contributed by atoms with Crippen LogP contribution in [0, 0.1) is 5.92 Å². The van der Waals surface area contributed by atoms with Crippen LogP contribution in [0.15, 0.2) is 0 Å². The molecule has 0 aromatic carbocycles. The van der Waals surface area contributed by atoms with Gasteiger partial charge in [-0.3, -0.25) is 4.90 Å². The molecule has 106 valence electrons. The van der Waals surface area contributed by atoms with E-state index in [-0.39, 0.29) is 12.4 Å². The lowest BCUT2D eigenvalue weighted by molar-refractivity contribution is 0.0179. The predicted octanol–water partition coefficient (Wildman–Crippen LogP) is 2.77. The molecule has 0 radical (unpaired) electrons. The van der Waals surface area contributed by atoms with Crippen LogP contribution in [0.5, 0.6) is 0 Å². The molecule has 2 heterocycles. The zero-order chi connectivity index (χ0) is 11.6. The van der Waals surface area contributed by atoms with Gasteiger partial charge in [-0.25, -0.2) is 0 Å². The van der Waals surface area contributed by atoms with Gasteiger partial charge >= 0.3 is 0 Å². The molecule has 3 fully saturated rings. The lowest BCUT2D eigenvalue weighted by Crippen LogP contribution is -2.62. The van der Waals surface area contributed by atoms with E-state index in [4.69, 9.17) is 0 Å². The summed E-state index contributed by atoms with van der Waals surface area (Å²) in [6.07, 6.45) is 8.73. The van der Waals surface area contributed by atoms with Crippen LogP contribution < -0.4 is 5.32 Å². The third-order valence-electron chi connectivity index (χ3n) is 4.97. The van der Waals surface area contributed by atoms with E-state index in [9.17, 15) is 0 Å². The zero-order valence-corrected chi connectivity index (χ0v) is 13.0. The van der Waals surface area contributed by atoms with Crippen molar-refractivity contribution in [2.24, 2.45) is 5.92 Å². The van der Waals surface area contributed by atoms with Crippen LogP contribution in [0.2, 0.25) is 0 Å². The molecular formula is C14H27ClN2S. The van der Waals surface area contributed by atoms with Crippen LogP contribution in [0.3, 0.4) is 0 Å². The summed E-state index contributed by atoms with van der Waals surface area (Å²) in [4.78, 5) is 2.87. The van der Waals surface area contributed by atoms with Crippen molar-refractivity contribution in [3.8, 4) is 0 Å². The molecule has 0 aromatic rings. The molecule has 1 atom stereocenters. The number of rotatable bonds is 2. The summed E-state index contributed by atoms with van der Waals surface area (Å²) in [6, 6.07) is 0. The average molecular weight is 291 g/mol. The highest BCUT2D eigenvalue weighted by Crippen LogP contribution is 2.36. The molecule has 2 aliphatic heterocycles. The highest BCUT2D eigenvalue weighted by Gasteiger charge is 2.40. The van der Waals surface area contributed by atoms with E-state index in [0.717, 1.165) is 5.92 Å². The van der Waals surface area contributed by atoms with Crippen molar-refractivity contribution < 1.29 is 0 Å². The number of halogens is 1. The van der Waals surface area contributed by atoms with Crippen molar-refractivity contribution in [3.05, 3.63) is 0 Å². The van der Waals surface area contributed by atoms with Gasteiger partial charge in [-0.15, -0.1) is 12.4 Å². The fourth-order valence-corrected chi connectivity index (χ4v) is 5.18. The number of piperazine rings is 1. The zero-order valence-electron chi connectivity index (χ0n) is 11.3. The number of thioether (sulfide) groups is 1. The summed E-state index contributed by atoms with van der Waals surface area (Å²) >= 11 is 2.16. The minimum absolute atomic E-state index is 0. The SMILES string of the molecule is C1CCC2(CC1)CNCCN2CC1CCSC1.Cl. The molecular weight excluding hydrogens is 264 g/mol. The van der Waals surface area contributed by atoms with Crippen molar-refractivity contribution in [2.45, 2.75) is 44.1 Å². The summed E-state index contributed by atoms with van der Waals surface area (Å²) in [5.74, 6) is 3.81. The van der Waals surface area contributed by atoms with E-state index < -0.39 is 0 Å². The Hall–Kier alpha value is 0.560. The van der Waals surface area contributed by atoms with E-state index >= 15 is 0 Å². The maximum absolute atomic E-state index is 3.65. The average Bonchev–Trinajstić information content (AvgIpc) is 2.86. The van der Waals surface area contributed by atoms with Gasteiger partial charge in [0.2, 0.25) is 0 Å². The van der Waals surface area contributed by atoms with Crippen molar-refractivity contribution in [1.29, 1.82) is 0 Å². The quantitative estimate of drug-likeness (QED) is 0.842. The first-order valence-electron chi connectivity index (χ1n) is 7.43. The Bertz CT molecular complexity index is 242. The Morgan fingerprint density at radius 1 is 1.22 bits per heavy atom.